The third kappa shape index (κ3) is 3.24. The van der Waals surface area contributed by atoms with Gasteiger partial charge in [0.05, 0.1) is 11.5 Å². The first-order chi connectivity index (χ1) is 9.47. The van der Waals surface area contributed by atoms with Crippen LogP contribution in [-0.2, 0) is 4.79 Å². The number of hydrogen-bond donors (Lipinski definition) is 1. The van der Waals surface area contributed by atoms with Crippen molar-refractivity contribution in [2.24, 2.45) is 0 Å². The number of nitro groups is 1. The number of anilines is 1. The first-order valence-electron chi connectivity index (χ1n) is 6.41. The molecule has 2 rings (SSSR count). The van der Waals surface area contributed by atoms with E-state index in [4.69, 9.17) is 5.11 Å². The summed E-state index contributed by atoms with van der Waals surface area (Å²) in [7, 11) is 0. The quantitative estimate of drug-likeness (QED) is 0.656. The molecule has 1 aromatic carbocycles. The Bertz CT molecular complexity index is 524. The average Bonchev–Trinajstić information content (AvgIpc) is 2.39. The second-order valence-electron chi connectivity index (χ2n) is 4.91. The fraction of sp³-hybridized carbons (Fsp3) is 0.462. The molecule has 1 aromatic rings. The van der Waals surface area contributed by atoms with Crippen molar-refractivity contribution in [3.05, 3.63) is 33.9 Å². The van der Waals surface area contributed by atoms with Crippen molar-refractivity contribution in [2.45, 2.75) is 6.92 Å². The zero-order chi connectivity index (χ0) is 14.7. The van der Waals surface area contributed by atoms with Crippen molar-refractivity contribution < 1.29 is 14.8 Å². The van der Waals surface area contributed by atoms with E-state index in [0.717, 1.165) is 5.56 Å². The first-order valence-corrected chi connectivity index (χ1v) is 6.41. The van der Waals surface area contributed by atoms with Crippen LogP contribution in [0.15, 0.2) is 18.2 Å². The average molecular weight is 279 g/mol. The summed E-state index contributed by atoms with van der Waals surface area (Å²) in [6.07, 6.45) is 0. The monoisotopic (exact) mass is 279 g/mol. The summed E-state index contributed by atoms with van der Waals surface area (Å²) in [5, 5.41) is 19.9. The number of carboxylic acid groups (broad SMARTS) is 1. The van der Waals surface area contributed by atoms with Crippen LogP contribution in [-0.4, -0.2) is 53.6 Å². The fourth-order valence-electron chi connectivity index (χ4n) is 2.39. The molecule has 0 aromatic heterocycles. The zero-order valence-corrected chi connectivity index (χ0v) is 11.3. The third-order valence-electron chi connectivity index (χ3n) is 3.40. The molecule has 1 saturated heterocycles. The van der Waals surface area contributed by atoms with Crippen LogP contribution < -0.4 is 4.90 Å². The summed E-state index contributed by atoms with van der Waals surface area (Å²) >= 11 is 0. The number of carbonyl (C=O) groups is 1. The molecular formula is C13H17N3O4. The molecule has 0 amide bonds. The lowest BCUT2D eigenvalue weighted by atomic mass is 10.1. The number of carboxylic acids is 1. The van der Waals surface area contributed by atoms with Gasteiger partial charge in [0.2, 0.25) is 0 Å². The summed E-state index contributed by atoms with van der Waals surface area (Å²) in [4.78, 5) is 25.2. The molecule has 1 fully saturated rings. The lowest BCUT2D eigenvalue weighted by Gasteiger charge is -2.34. The number of nitro benzene ring substituents is 1. The highest BCUT2D eigenvalue weighted by Crippen LogP contribution is 2.29. The minimum absolute atomic E-state index is 0.0177. The number of aliphatic carboxylic acids is 1. The maximum Gasteiger partial charge on any atom is 0.317 e. The number of benzene rings is 1. The second-order valence-corrected chi connectivity index (χ2v) is 4.91. The van der Waals surface area contributed by atoms with E-state index < -0.39 is 5.97 Å². The summed E-state index contributed by atoms with van der Waals surface area (Å²) in [5.74, 6) is -0.847. The Morgan fingerprint density at radius 2 is 2.00 bits per heavy atom. The van der Waals surface area contributed by atoms with E-state index >= 15 is 0 Å². The number of piperazine rings is 1. The highest BCUT2D eigenvalue weighted by Gasteiger charge is 2.24. The minimum Gasteiger partial charge on any atom is -0.480 e. The van der Waals surface area contributed by atoms with Crippen molar-refractivity contribution in [2.75, 3.05) is 37.6 Å². The molecule has 1 N–H and O–H groups in total. The van der Waals surface area contributed by atoms with E-state index in [2.05, 4.69) is 0 Å². The highest BCUT2D eigenvalue weighted by atomic mass is 16.6. The largest absolute Gasteiger partial charge is 0.480 e. The van der Waals surface area contributed by atoms with Gasteiger partial charge in [-0.3, -0.25) is 19.8 Å². The van der Waals surface area contributed by atoms with Crippen LogP contribution >= 0.6 is 0 Å². The van der Waals surface area contributed by atoms with Crippen molar-refractivity contribution in [3.8, 4) is 0 Å². The van der Waals surface area contributed by atoms with Gasteiger partial charge < -0.3 is 10.0 Å². The Morgan fingerprint density at radius 3 is 2.55 bits per heavy atom. The minimum atomic E-state index is -0.847. The van der Waals surface area contributed by atoms with Gasteiger partial charge in [0.25, 0.3) is 5.69 Å². The number of aryl methyl sites for hydroxylation is 1. The van der Waals surface area contributed by atoms with Crippen LogP contribution in [0.4, 0.5) is 11.4 Å². The van der Waals surface area contributed by atoms with Gasteiger partial charge in [-0.2, -0.15) is 0 Å². The van der Waals surface area contributed by atoms with Crippen molar-refractivity contribution in [1.29, 1.82) is 0 Å². The molecule has 0 saturated carbocycles. The molecule has 0 unspecified atom stereocenters. The molecule has 108 valence electrons. The third-order valence-corrected chi connectivity index (χ3v) is 3.40. The molecule has 7 nitrogen and oxygen atoms in total. The Kier molecular flexibility index (Phi) is 4.19. The van der Waals surface area contributed by atoms with Gasteiger partial charge in [-0.15, -0.1) is 0 Å². The van der Waals surface area contributed by atoms with Crippen LogP contribution in [0.5, 0.6) is 0 Å². The van der Waals surface area contributed by atoms with Crippen LogP contribution in [0.25, 0.3) is 0 Å². The fourth-order valence-corrected chi connectivity index (χ4v) is 2.39. The van der Waals surface area contributed by atoms with Crippen LogP contribution in [0, 0.1) is 17.0 Å². The topological polar surface area (TPSA) is 86.9 Å². The number of hydrogen-bond acceptors (Lipinski definition) is 5. The van der Waals surface area contributed by atoms with Gasteiger partial charge in [0.15, 0.2) is 0 Å². The lowest BCUT2D eigenvalue weighted by molar-refractivity contribution is -0.384. The molecule has 0 bridgehead atoms. The van der Waals surface area contributed by atoms with Crippen LogP contribution in [0.3, 0.4) is 0 Å². The van der Waals surface area contributed by atoms with Gasteiger partial charge >= 0.3 is 5.97 Å². The molecule has 0 atom stereocenters. The predicted molar refractivity (Wildman–Crippen MR) is 74.1 cm³/mol. The van der Waals surface area contributed by atoms with Crippen molar-refractivity contribution >= 4 is 17.3 Å². The van der Waals surface area contributed by atoms with E-state index in [9.17, 15) is 14.9 Å². The molecule has 0 aliphatic carbocycles. The second kappa shape index (κ2) is 5.87. The Balaban J connectivity index is 2.11. The molecular weight excluding hydrogens is 262 g/mol. The van der Waals surface area contributed by atoms with Gasteiger partial charge in [0, 0.05) is 32.2 Å². The molecule has 0 spiro atoms. The van der Waals surface area contributed by atoms with Crippen LogP contribution in [0.1, 0.15) is 5.56 Å². The van der Waals surface area contributed by atoms with E-state index in [0.29, 0.717) is 31.9 Å². The zero-order valence-electron chi connectivity index (χ0n) is 11.3. The predicted octanol–water partition coefficient (Wildman–Crippen LogP) is 1.11. The molecule has 1 aliphatic rings. The van der Waals surface area contributed by atoms with Gasteiger partial charge in [0.1, 0.15) is 5.69 Å². The summed E-state index contributed by atoms with van der Waals surface area (Å²) in [6, 6.07) is 5.19. The molecule has 7 heteroatoms. The van der Waals surface area contributed by atoms with Gasteiger partial charge in [-0.1, -0.05) is 6.07 Å². The molecule has 0 radical (unpaired) electrons. The van der Waals surface area contributed by atoms with Crippen LogP contribution in [0.2, 0.25) is 0 Å². The summed E-state index contributed by atoms with van der Waals surface area (Å²) in [5.41, 5.74) is 1.57. The van der Waals surface area contributed by atoms with Gasteiger partial charge in [-0.05, 0) is 18.6 Å². The number of nitrogens with zero attached hydrogens (tertiary/aromatic N) is 3. The van der Waals surface area contributed by atoms with E-state index in [1.807, 2.05) is 22.8 Å². The van der Waals surface area contributed by atoms with Crippen molar-refractivity contribution in [3.63, 3.8) is 0 Å². The van der Waals surface area contributed by atoms with E-state index in [1.165, 1.54) is 0 Å². The SMILES string of the molecule is Cc1ccc(N2CCN(CC(=O)O)CC2)c([N+](=O)[O-])c1. The highest BCUT2D eigenvalue weighted by molar-refractivity contribution is 5.69. The Hall–Kier alpha value is -2.15. The normalized spacial score (nSPS) is 16.1. The standard InChI is InChI=1S/C13H17N3O4/c1-10-2-3-11(12(8-10)16(19)20)15-6-4-14(5-7-15)9-13(17)18/h2-3,8H,4-7,9H2,1H3,(H,17,18). The Labute approximate surface area is 116 Å². The maximum absolute atomic E-state index is 11.1. The van der Waals surface area contributed by atoms with E-state index in [-0.39, 0.29) is 17.2 Å². The van der Waals surface area contributed by atoms with Gasteiger partial charge in [-0.25, -0.2) is 0 Å². The number of rotatable bonds is 4. The summed E-state index contributed by atoms with van der Waals surface area (Å²) in [6.45, 7) is 4.22. The van der Waals surface area contributed by atoms with Crippen molar-refractivity contribution in [1.82, 2.24) is 4.90 Å². The summed E-state index contributed by atoms with van der Waals surface area (Å²) < 4.78 is 0. The Morgan fingerprint density at radius 1 is 1.35 bits per heavy atom. The smallest absolute Gasteiger partial charge is 0.317 e. The van der Waals surface area contributed by atoms with E-state index in [1.54, 1.807) is 12.1 Å². The maximum atomic E-state index is 11.1. The first kappa shape index (κ1) is 14.3. The molecule has 1 heterocycles. The lowest BCUT2D eigenvalue weighted by Crippen LogP contribution is -2.48. The molecule has 1 aliphatic heterocycles. The molecule has 20 heavy (non-hydrogen) atoms.